The van der Waals surface area contributed by atoms with Crippen molar-refractivity contribution < 1.29 is 17.9 Å². The minimum Gasteiger partial charge on any atom is -0.485 e. The van der Waals surface area contributed by atoms with Crippen molar-refractivity contribution in [1.82, 2.24) is 4.90 Å². The van der Waals surface area contributed by atoms with Crippen LogP contribution in [0.4, 0.5) is 13.2 Å². The molecule has 0 saturated heterocycles. The average Bonchev–Trinajstić information content (AvgIpc) is 2.76. The van der Waals surface area contributed by atoms with Crippen LogP contribution in [0.25, 0.3) is 0 Å². The van der Waals surface area contributed by atoms with Crippen molar-refractivity contribution in [2.75, 3.05) is 26.2 Å². The van der Waals surface area contributed by atoms with E-state index in [0.717, 1.165) is 11.1 Å². The first-order chi connectivity index (χ1) is 9.37. The summed E-state index contributed by atoms with van der Waals surface area (Å²) in [4.78, 5) is 5.31. The summed E-state index contributed by atoms with van der Waals surface area (Å²) in [6.07, 6.45) is -4.22. The highest BCUT2D eigenvalue weighted by molar-refractivity contribution is 5.85. The van der Waals surface area contributed by atoms with Crippen LogP contribution in [0, 0.1) is 13.8 Å². The van der Waals surface area contributed by atoms with Crippen molar-refractivity contribution in [3.63, 3.8) is 0 Å². The molecule has 0 spiro atoms. The van der Waals surface area contributed by atoms with Crippen LogP contribution in [-0.4, -0.2) is 43.2 Å². The third kappa shape index (κ3) is 4.81. The molecule has 0 saturated carbocycles. The van der Waals surface area contributed by atoms with Gasteiger partial charge in [-0.05, 0) is 31.0 Å². The van der Waals surface area contributed by atoms with Crippen molar-refractivity contribution in [2.45, 2.75) is 20.0 Å². The first-order valence-electron chi connectivity index (χ1n) is 6.41. The van der Waals surface area contributed by atoms with Gasteiger partial charge in [0.1, 0.15) is 24.7 Å². The van der Waals surface area contributed by atoms with E-state index < -0.39 is 12.7 Å². The first-order valence-corrected chi connectivity index (χ1v) is 6.41. The molecule has 3 nitrogen and oxygen atoms in total. The largest absolute Gasteiger partial charge is 0.485 e. The molecule has 0 unspecified atom stereocenters. The minimum absolute atomic E-state index is 0. The Hall–Kier alpha value is -1.43. The number of aryl methyl sites for hydroxylation is 1. The molecule has 1 aromatic carbocycles. The molecule has 0 aromatic heterocycles. The lowest BCUT2D eigenvalue weighted by atomic mass is 10.1. The van der Waals surface area contributed by atoms with E-state index in [0.29, 0.717) is 24.7 Å². The summed E-state index contributed by atoms with van der Waals surface area (Å²) in [5, 5.41) is 0. The third-order valence-corrected chi connectivity index (χ3v) is 3.31. The number of halogens is 4. The summed E-state index contributed by atoms with van der Waals surface area (Å²) in [5.41, 5.74) is 2.08. The van der Waals surface area contributed by atoms with Crippen LogP contribution < -0.4 is 4.74 Å². The molecule has 1 aliphatic heterocycles. The molecule has 0 amide bonds. The number of rotatable bonds is 4. The topological polar surface area (TPSA) is 24.8 Å². The Labute approximate surface area is 128 Å². The number of ether oxygens (including phenoxy) is 1. The Kier molecular flexibility index (Phi) is 5.89. The Morgan fingerprint density at radius 1 is 1.29 bits per heavy atom. The van der Waals surface area contributed by atoms with Crippen molar-refractivity contribution in [1.29, 1.82) is 0 Å². The lowest BCUT2D eigenvalue weighted by Crippen LogP contribution is -2.39. The molecule has 1 aromatic rings. The van der Waals surface area contributed by atoms with Crippen molar-refractivity contribution in [3.05, 3.63) is 29.3 Å². The fourth-order valence-corrected chi connectivity index (χ4v) is 2.08. The Morgan fingerprint density at radius 2 is 2.00 bits per heavy atom. The fraction of sp³-hybridized carbons (Fsp3) is 0.500. The highest BCUT2D eigenvalue weighted by atomic mass is 35.5. The van der Waals surface area contributed by atoms with Gasteiger partial charge in [-0.25, -0.2) is 0 Å². The van der Waals surface area contributed by atoms with Crippen LogP contribution in [-0.2, 0) is 0 Å². The number of hydrogen-bond acceptors (Lipinski definition) is 3. The maximum atomic E-state index is 12.4. The number of alkyl halides is 3. The number of aliphatic imine (C=N–C) groups is 1. The van der Waals surface area contributed by atoms with Gasteiger partial charge in [0.15, 0.2) is 0 Å². The Morgan fingerprint density at radius 3 is 2.67 bits per heavy atom. The Bertz CT molecular complexity index is 517. The molecule has 1 heterocycles. The molecule has 0 fully saturated rings. The van der Waals surface area contributed by atoms with E-state index in [-0.39, 0.29) is 19.0 Å². The van der Waals surface area contributed by atoms with Gasteiger partial charge in [0.25, 0.3) is 0 Å². The van der Waals surface area contributed by atoms with Crippen LogP contribution in [0.2, 0.25) is 0 Å². The standard InChI is InChI=1S/C14H17F3N2O.ClH/c1-10-4-3-5-12(11(10)2)20-8-13-18-6-7-19(13)9-14(15,16)17;/h3-5H,6-9H2,1-2H3;1H. The van der Waals surface area contributed by atoms with Gasteiger partial charge in [0.05, 0.1) is 6.54 Å². The highest BCUT2D eigenvalue weighted by Crippen LogP contribution is 2.22. The van der Waals surface area contributed by atoms with Gasteiger partial charge in [0, 0.05) is 6.54 Å². The van der Waals surface area contributed by atoms with Gasteiger partial charge in [0.2, 0.25) is 0 Å². The van der Waals surface area contributed by atoms with Gasteiger partial charge < -0.3 is 9.64 Å². The number of nitrogens with zero attached hydrogens (tertiary/aromatic N) is 2. The van der Waals surface area contributed by atoms with Gasteiger partial charge >= 0.3 is 6.18 Å². The molecule has 7 heteroatoms. The second-order valence-electron chi connectivity index (χ2n) is 4.82. The summed E-state index contributed by atoms with van der Waals surface area (Å²) < 4.78 is 42.9. The van der Waals surface area contributed by atoms with Gasteiger partial charge in [-0.1, -0.05) is 12.1 Å². The molecule has 0 radical (unpaired) electrons. The van der Waals surface area contributed by atoms with E-state index >= 15 is 0 Å². The predicted octanol–water partition coefficient (Wildman–Crippen LogP) is 3.38. The minimum atomic E-state index is -4.22. The maximum Gasteiger partial charge on any atom is 0.405 e. The zero-order chi connectivity index (χ0) is 14.8. The number of amidine groups is 1. The van der Waals surface area contributed by atoms with E-state index in [1.165, 1.54) is 4.90 Å². The number of hydrogen-bond donors (Lipinski definition) is 0. The number of benzene rings is 1. The van der Waals surface area contributed by atoms with Crippen LogP contribution in [0.5, 0.6) is 5.75 Å². The molecule has 0 atom stereocenters. The first kappa shape index (κ1) is 17.6. The smallest absolute Gasteiger partial charge is 0.405 e. The van der Waals surface area contributed by atoms with Crippen molar-refractivity contribution in [2.24, 2.45) is 4.99 Å². The maximum absolute atomic E-state index is 12.4. The molecular formula is C14H18ClF3N2O. The molecule has 21 heavy (non-hydrogen) atoms. The average molecular weight is 323 g/mol. The summed E-state index contributed by atoms with van der Waals surface area (Å²) in [6.45, 7) is 3.68. The second-order valence-corrected chi connectivity index (χ2v) is 4.82. The van der Waals surface area contributed by atoms with Gasteiger partial charge in [-0.3, -0.25) is 4.99 Å². The molecule has 1 aliphatic rings. The zero-order valence-corrected chi connectivity index (χ0v) is 12.7. The van der Waals surface area contributed by atoms with Crippen LogP contribution in [0.1, 0.15) is 11.1 Å². The highest BCUT2D eigenvalue weighted by Gasteiger charge is 2.33. The molecule has 118 valence electrons. The van der Waals surface area contributed by atoms with E-state index in [9.17, 15) is 13.2 Å². The monoisotopic (exact) mass is 322 g/mol. The quantitative estimate of drug-likeness (QED) is 0.849. The lowest BCUT2D eigenvalue weighted by Gasteiger charge is -2.22. The van der Waals surface area contributed by atoms with E-state index in [4.69, 9.17) is 4.74 Å². The molecular weight excluding hydrogens is 305 g/mol. The zero-order valence-electron chi connectivity index (χ0n) is 11.9. The van der Waals surface area contributed by atoms with Gasteiger partial charge in [-0.2, -0.15) is 13.2 Å². The molecule has 0 N–H and O–H groups in total. The van der Waals surface area contributed by atoms with Gasteiger partial charge in [-0.15, -0.1) is 12.4 Å². The second kappa shape index (κ2) is 7.02. The van der Waals surface area contributed by atoms with Crippen molar-refractivity contribution >= 4 is 18.2 Å². The van der Waals surface area contributed by atoms with Crippen LogP contribution in [0.3, 0.4) is 0 Å². The lowest BCUT2D eigenvalue weighted by molar-refractivity contribution is -0.137. The van der Waals surface area contributed by atoms with E-state index in [1.807, 2.05) is 32.0 Å². The third-order valence-electron chi connectivity index (χ3n) is 3.31. The van der Waals surface area contributed by atoms with E-state index in [1.54, 1.807) is 0 Å². The molecule has 0 aliphatic carbocycles. The van der Waals surface area contributed by atoms with Crippen molar-refractivity contribution in [3.8, 4) is 5.75 Å². The SMILES string of the molecule is Cc1cccc(OCC2=NCCN2CC(F)(F)F)c1C.Cl. The molecule has 0 bridgehead atoms. The summed E-state index contributed by atoms with van der Waals surface area (Å²) in [7, 11) is 0. The summed E-state index contributed by atoms with van der Waals surface area (Å²) >= 11 is 0. The Balaban J connectivity index is 0.00000220. The van der Waals surface area contributed by atoms with Crippen LogP contribution in [0.15, 0.2) is 23.2 Å². The van der Waals surface area contributed by atoms with Crippen LogP contribution >= 0.6 is 12.4 Å². The summed E-state index contributed by atoms with van der Waals surface area (Å²) in [5.74, 6) is 1.05. The molecule has 2 rings (SSSR count). The normalized spacial score (nSPS) is 14.7. The summed E-state index contributed by atoms with van der Waals surface area (Å²) in [6, 6.07) is 5.64. The predicted molar refractivity (Wildman–Crippen MR) is 78.6 cm³/mol. The van der Waals surface area contributed by atoms with E-state index in [2.05, 4.69) is 4.99 Å². The fourth-order valence-electron chi connectivity index (χ4n) is 2.08.